The molecule has 0 atom stereocenters. The molecule has 0 nitrogen and oxygen atoms in total. The van der Waals surface area contributed by atoms with E-state index in [4.69, 9.17) is 19.4 Å². The van der Waals surface area contributed by atoms with Crippen LogP contribution in [0.15, 0.2) is 48.6 Å². The van der Waals surface area contributed by atoms with Crippen molar-refractivity contribution in [2.75, 3.05) is 0 Å². The fourth-order valence-corrected chi connectivity index (χ4v) is 6.71. The first-order valence-corrected chi connectivity index (χ1v) is 10.1. The molecule has 3 heteroatoms. The van der Waals surface area contributed by atoms with Gasteiger partial charge in [-0.05, 0) is 0 Å². The average molecular weight is 304 g/mol. The number of hydrogen-bond acceptors (Lipinski definition) is 0. The number of hydrogen-bond donors (Lipinski definition) is 0. The summed E-state index contributed by atoms with van der Waals surface area (Å²) < 4.78 is 0.557. The van der Waals surface area contributed by atoms with Gasteiger partial charge in [0.05, 0.1) is 0 Å². The fraction of sp³-hybridized carbons (Fsp3) is 0.200. The van der Waals surface area contributed by atoms with Gasteiger partial charge >= 0.3 is 89.8 Å². The normalized spacial score (nSPS) is 23.5. The van der Waals surface area contributed by atoms with Gasteiger partial charge in [-0.25, -0.2) is 0 Å². The summed E-state index contributed by atoms with van der Waals surface area (Å²) in [6.07, 6.45) is 16.5. The predicted molar refractivity (Wildman–Crippen MR) is 55.8 cm³/mol. The quantitative estimate of drug-likeness (QED) is 0.668. The summed E-state index contributed by atoms with van der Waals surface area (Å²) in [4.78, 5) is 0. The van der Waals surface area contributed by atoms with E-state index >= 15 is 0 Å². The molecule has 0 aromatic heterocycles. The molecule has 0 radical (unpaired) electrons. The van der Waals surface area contributed by atoms with Crippen LogP contribution in [0.2, 0.25) is 9.02 Å². The molecule has 0 bridgehead atoms. The van der Waals surface area contributed by atoms with E-state index in [2.05, 4.69) is 24.3 Å². The molecule has 0 N–H and O–H groups in total. The zero-order valence-corrected chi connectivity index (χ0v) is 10.0. The van der Waals surface area contributed by atoms with E-state index in [1.165, 1.54) is 0 Å². The Morgan fingerprint density at radius 3 is 1.31 bits per heavy atom. The van der Waals surface area contributed by atoms with Crippen LogP contribution in [0.1, 0.15) is 0 Å². The molecule has 2 aliphatic rings. The molecule has 73 valence electrons. The van der Waals surface area contributed by atoms with Crippen LogP contribution >= 0.6 is 19.4 Å². The summed E-state index contributed by atoms with van der Waals surface area (Å²) in [5, 5.41) is 0. The molecule has 0 unspecified atom stereocenters. The summed E-state index contributed by atoms with van der Waals surface area (Å²) in [5.41, 5.74) is 0. The molecule has 2 rings (SSSR count). The Hall–Kier alpha value is 0.163. The molecule has 2 aliphatic carbocycles. The van der Waals surface area contributed by atoms with E-state index in [0.29, 0.717) is 0 Å². The van der Waals surface area contributed by atoms with E-state index in [-0.39, 0.29) is 9.02 Å². The van der Waals surface area contributed by atoms with Gasteiger partial charge in [0, 0.05) is 0 Å². The number of rotatable bonds is 2. The Kier molecular flexibility index (Phi) is 2.78. The molecule has 0 saturated carbocycles. The first-order valence-electron chi connectivity index (χ1n) is 3.97. The molecule has 0 aromatic rings. The molecule has 0 aliphatic heterocycles. The monoisotopic (exact) mass is 303 g/mol. The standard InChI is InChI=1S/2C5H5.2ClH.Rh/c2*1-2-4-5-3-1;;;/h2*1-5H;2*1H;/q;;;;+2/p-2. The van der Waals surface area contributed by atoms with Gasteiger partial charge < -0.3 is 0 Å². The maximum absolute atomic E-state index is 6.47. The van der Waals surface area contributed by atoms with Crippen LogP contribution in [-0.4, -0.2) is 0 Å². The van der Waals surface area contributed by atoms with Crippen LogP contribution in [0.4, 0.5) is 0 Å². The van der Waals surface area contributed by atoms with E-state index in [1.807, 2.05) is 24.3 Å². The third-order valence-electron chi connectivity index (χ3n) is 1.96. The van der Waals surface area contributed by atoms with Gasteiger partial charge in [0.25, 0.3) is 0 Å². The fourth-order valence-electron chi connectivity index (χ4n) is 1.28. The van der Waals surface area contributed by atoms with Crippen LogP contribution in [0.3, 0.4) is 0 Å². The van der Waals surface area contributed by atoms with Crippen molar-refractivity contribution in [1.82, 2.24) is 0 Å². The zero-order chi connectivity index (χ0) is 9.31. The second kappa shape index (κ2) is 3.73. The van der Waals surface area contributed by atoms with Gasteiger partial charge in [-0.1, -0.05) is 0 Å². The van der Waals surface area contributed by atoms with Gasteiger partial charge in [-0.2, -0.15) is 0 Å². The summed E-state index contributed by atoms with van der Waals surface area (Å²) in [6.45, 7) is 0. The summed E-state index contributed by atoms with van der Waals surface area (Å²) in [6, 6.07) is 0. The minimum atomic E-state index is -2.47. The molecule has 0 aromatic carbocycles. The molecule has 0 saturated heterocycles. The summed E-state index contributed by atoms with van der Waals surface area (Å²) >= 11 is -2.47. The second-order valence-corrected chi connectivity index (χ2v) is 12.9. The Bertz CT molecular complexity index is 259. The molecule has 0 spiro atoms. The summed E-state index contributed by atoms with van der Waals surface area (Å²) in [5.74, 6) is 0. The van der Waals surface area contributed by atoms with Gasteiger partial charge in [-0.3, -0.25) is 0 Å². The first-order chi connectivity index (χ1) is 6.21. The van der Waals surface area contributed by atoms with Crippen molar-refractivity contribution in [2.45, 2.75) is 9.02 Å². The van der Waals surface area contributed by atoms with Crippen LogP contribution in [0.25, 0.3) is 0 Å². The molecule has 0 fully saturated rings. The van der Waals surface area contributed by atoms with Crippen molar-refractivity contribution in [3.8, 4) is 0 Å². The van der Waals surface area contributed by atoms with Crippen molar-refractivity contribution in [1.29, 1.82) is 0 Å². The van der Waals surface area contributed by atoms with Crippen LogP contribution in [-0.2, 0) is 12.8 Å². The minimum absolute atomic E-state index is 0.279. The number of allylic oxidation sites excluding steroid dienone is 8. The molecule has 13 heavy (non-hydrogen) atoms. The SMILES string of the molecule is [Cl][Rh]([Cl])([CH]1C=CC=C1)[CH]1C=CC=C1. The van der Waals surface area contributed by atoms with Gasteiger partial charge in [0.2, 0.25) is 0 Å². The molecule has 0 heterocycles. The van der Waals surface area contributed by atoms with Crippen molar-refractivity contribution < 1.29 is 12.8 Å². The Balaban J connectivity index is 2.19. The second-order valence-electron chi connectivity index (χ2n) is 2.82. The molecular weight excluding hydrogens is 294 g/mol. The third kappa shape index (κ3) is 1.84. The Labute approximate surface area is 89.5 Å². The first kappa shape index (κ1) is 9.71. The van der Waals surface area contributed by atoms with Crippen molar-refractivity contribution in [3.05, 3.63) is 48.6 Å². The van der Waals surface area contributed by atoms with E-state index in [0.717, 1.165) is 0 Å². The van der Waals surface area contributed by atoms with Gasteiger partial charge in [-0.15, -0.1) is 0 Å². The van der Waals surface area contributed by atoms with E-state index < -0.39 is 12.8 Å². The average Bonchev–Trinajstić information content (AvgIpc) is 2.78. The van der Waals surface area contributed by atoms with Gasteiger partial charge in [0.1, 0.15) is 0 Å². The van der Waals surface area contributed by atoms with E-state index in [1.54, 1.807) is 0 Å². The predicted octanol–water partition coefficient (Wildman–Crippen LogP) is 4.28. The van der Waals surface area contributed by atoms with Crippen LogP contribution < -0.4 is 0 Å². The van der Waals surface area contributed by atoms with Gasteiger partial charge in [0.15, 0.2) is 0 Å². The summed E-state index contributed by atoms with van der Waals surface area (Å²) in [7, 11) is 12.9. The molecular formula is C10H10Cl2Rh. The van der Waals surface area contributed by atoms with E-state index in [9.17, 15) is 0 Å². The zero-order valence-electron chi connectivity index (χ0n) is 6.86. The van der Waals surface area contributed by atoms with Crippen LogP contribution in [0, 0.1) is 0 Å². The number of halogens is 2. The Morgan fingerprint density at radius 2 is 1.00 bits per heavy atom. The Morgan fingerprint density at radius 1 is 0.692 bits per heavy atom. The van der Waals surface area contributed by atoms with Crippen molar-refractivity contribution >= 4 is 19.4 Å². The van der Waals surface area contributed by atoms with Crippen molar-refractivity contribution in [3.63, 3.8) is 0 Å². The van der Waals surface area contributed by atoms with Crippen molar-refractivity contribution in [2.24, 2.45) is 0 Å². The maximum atomic E-state index is 6.47. The topological polar surface area (TPSA) is 0 Å². The molecule has 0 amide bonds. The van der Waals surface area contributed by atoms with Crippen LogP contribution in [0.5, 0.6) is 0 Å². The third-order valence-corrected chi connectivity index (χ3v) is 10.1.